The molecule has 0 aliphatic heterocycles. The molecular weight excluding hydrogens is 466 g/mol. The normalized spacial score (nSPS) is 12.0. The van der Waals surface area contributed by atoms with Gasteiger partial charge in [-0.3, -0.25) is 4.79 Å². The number of carbonyl (C=O) groups excluding carboxylic acids is 1. The van der Waals surface area contributed by atoms with E-state index in [9.17, 15) is 4.79 Å². The Morgan fingerprint density at radius 2 is 1.65 bits per heavy atom. The van der Waals surface area contributed by atoms with Gasteiger partial charge >= 0.3 is 0 Å². The zero-order chi connectivity index (χ0) is 22.5. The molecule has 0 N–H and O–H groups in total. The van der Waals surface area contributed by atoms with Crippen LogP contribution in [0.1, 0.15) is 36.2 Å². The second-order valence-electron chi connectivity index (χ2n) is 6.95. The van der Waals surface area contributed by atoms with E-state index in [1.165, 1.54) is 13.4 Å². The van der Waals surface area contributed by atoms with Gasteiger partial charge in [-0.25, -0.2) is 4.98 Å². The van der Waals surface area contributed by atoms with Crippen LogP contribution in [0.4, 0.5) is 0 Å². The molecule has 8 heteroatoms. The van der Waals surface area contributed by atoms with Crippen molar-refractivity contribution >= 4 is 21.7 Å². The summed E-state index contributed by atoms with van der Waals surface area (Å²) in [5.74, 6) is 1.43. The zero-order valence-electron chi connectivity index (χ0n) is 18.0. The van der Waals surface area contributed by atoms with Crippen molar-refractivity contribution in [3.05, 3.63) is 58.6 Å². The van der Waals surface area contributed by atoms with Gasteiger partial charge in [0.15, 0.2) is 6.10 Å². The SMILES string of the molecule is COc1cc(-c2coc(C(=O)C(OC)c3ccc(OC(C)C)cc3)n2)cc(OC)c1Br. The molecule has 31 heavy (non-hydrogen) atoms. The predicted octanol–water partition coefficient (Wildman–Crippen LogP) is 5.48. The fourth-order valence-corrected chi connectivity index (χ4v) is 3.59. The number of methoxy groups -OCH3 is 3. The first-order chi connectivity index (χ1) is 14.9. The lowest BCUT2D eigenvalue weighted by atomic mass is 10.1. The number of benzene rings is 2. The number of Topliss-reactive ketones (excluding diaryl/α,β-unsaturated/α-hetero) is 1. The summed E-state index contributed by atoms with van der Waals surface area (Å²) in [4.78, 5) is 17.4. The van der Waals surface area contributed by atoms with Gasteiger partial charge in [-0.2, -0.15) is 0 Å². The summed E-state index contributed by atoms with van der Waals surface area (Å²) < 4.78 is 28.0. The van der Waals surface area contributed by atoms with E-state index in [1.54, 1.807) is 50.6 Å². The lowest BCUT2D eigenvalue weighted by molar-refractivity contribution is 0.0569. The average Bonchev–Trinajstić information content (AvgIpc) is 3.25. The Labute approximate surface area is 189 Å². The number of halogens is 1. The highest BCUT2D eigenvalue weighted by Crippen LogP contribution is 2.39. The minimum atomic E-state index is -0.853. The monoisotopic (exact) mass is 489 g/mol. The van der Waals surface area contributed by atoms with E-state index in [4.69, 9.17) is 23.4 Å². The van der Waals surface area contributed by atoms with E-state index >= 15 is 0 Å². The number of oxazole rings is 1. The first-order valence-electron chi connectivity index (χ1n) is 9.59. The smallest absolute Gasteiger partial charge is 0.266 e. The van der Waals surface area contributed by atoms with E-state index in [0.29, 0.717) is 32.8 Å². The minimum absolute atomic E-state index is 0.0507. The highest BCUT2D eigenvalue weighted by Gasteiger charge is 2.27. The minimum Gasteiger partial charge on any atom is -0.495 e. The van der Waals surface area contributed by atoms with E-state index in [2.05, 4.69) is 20.9 Å². The molecule has 0 aliphatic rings. The Morgan fingerprint density at radius 3 is 2.16 bits per heavy atom. The van der Waals surface area contributed by atoms with Crippen LogP contribution in [-0.4, -0.2) is 38.2 Å². The molecule has 164 valence electrons. The van der Waals surface area contributed by atoms with E-state index in [0.717, 1.165) is 5.75 Å². The van der Waals surface area contributed by atoms with Crippen molar-refractivity contribution in [2.75, 3.05) is 21.3 Å². The third-order valence-electron chi connectivity index (χ3n) is 4.48. The number of ether oxygens (including phenoxy) is 4. The summed E-state index contributed by atoms with van der Waals surface area (Å²) >= 11 is 3.44. The van der Waals surface area contributed by atoms with Gasteiger partial charge in [0.05, 0.1) is 20.3 Å². The number of hydrogen-bond donors (Lipinski definition) is 0. The fourth-order valence-electron chi connectivity index (χ4n) is 3.04. The third kappa shape index (κ3) is 5.08. The van der Waals surface area contributed by atoms with Crippen molar-refractivity contribution in [2.24, 2.45) is 0 Å². The fraction of sp³-hybridized carbons (Fsp3) is 0.304. The van der Waals surface area contributed by atoms with Crippen LogP contribution in [0, 0.1) is 0 Å². The highest BCUT2D eigenvalue weighted by molar-refractivity contribution is 9.10. The van der Waals surface area contributed by atoms with Crippen LogP contribution in [0.25, 0.3) is 11.3 Å². The Balaban J connectivity index is 1.86. The molecule has 1 aromatic heterocycles. The van der Waals surface area contributed by atoms with Crippen molar-refractivity contribution in [1.29, 1.82) is 0 Å². The molecular formula is C23H24BrNO6. The molecule has 3 aromatic rings. The van der Waals surface area contributed by atoms with Crippen LogP contribution in [0.3, 0.4) is 0 Å². The Bertz CT molecular complexity index is 1020. The van der Waals surface area contributed by atoms with Gasteiger partial charge in [0.25, 0.3) is 11.7 Å². The average molecular weight is 490 g/mol. The summed E-state index contributed by atoms with van der Waals surface area (Å²) in [5.41, 5.74) is 1.84. The van der Waals surface area contributed by atoms with E-state index < -0.39 is 6.10 Å². The molecule has 0 radical (unpaired) electrons. The number of hydrogen-bond acceptors (Lipinski definition) is 7. The van der Waals surface area contributed by atoms with Crippen molar-refractivity contribution in [3.63, 3.8) is 0 Å². The molecule has 0 saturated carbocycles. The summed E-state index contributed by atoms with van der Waals surface area (Å²) in [6.07, 6.45) is 0.627. The van der Waals surface area contributed by atoms with Crippen molar-refractivity contribution in [1.82, 2.24) is 4.98 Å². The maximum Gasteiger partial charge on any atom is 0.266 e. The van der Waals surface area contributed by atoms with E-state index in [1.807, 2.05) is 13.8 Å². The highest BCUT2D eigenvalue weighted by atomic mass is 79.9. The first-order valence-corrected chi connectivity index (χ1v) is 10.4. The van der Waals surface area contributed by atoms with Crippen molar-refractivity contribution in [3.8, 4) is 28.5 Å². The van der Waals surface area contributed by atoms with Crippen molar-refractivity contribution in [2.45, 2.75) is 26.1 Å². The summed E-state index contributed by atoms with van der Waals surface area (Å²) in [6, 6.07) is 10.7. The predicted molar refractivity (Wildman–Crippen MR) is 119 cm³/mol. The Morgan fingerprint density at radius 1 is 1.03 bits per heavy atom. The maximum atomic E-state index is 13.0. The number of aromatic nitrogens is 1. The molecule has 0 bridgehead atoms. The topological polar surface area (TPSA) is 80.0 Å². The number of rotatable bonds is 9. The van der Waals surface area contributed by atoms with Crippen LogP contribution in [0.5, 0.6) is 17.2 Å². The first kappa shape index (κ1) is 22.8. The molecule has 1 atom stereocenters. The van der Waals surface area contributed by atoms with Crippen LogP contribution < -0.4 is 14.2 Å². The van der Waals surface area contributed by atoms with Gasteiger partial charge in [0, 0.05) is 12.7 Å². The summed E-state index contributed by atoms with van der Waals surface area (Å²) in [5, 5.41) is 0. The molecule has 0 spiro atoms. The van der Waals surface area contributed by atoms with Crippen LogP contribution >= 0.6 is 15.9 Å². The van der Waals surface area contributed by atoms with Crippen molar-refractivity contribution < 1.29 is 28.2 Å². The number of nitrogens with zero attached hydrogens (tertiary/aromatic N) is 1. The van der Waals surface area contributed by atoms with Gasteiger partial charge in [0.2, 0.25) is 0 Å². The summed E-state index contributed by atoms with van der Waals surface area (Å²) in [6.45, 7) is 3.90. The molecule has 0 fully saturated rings. The maximum absolute atomic E-state index is 13.0. The summed E-state index contributed by atoms with van der Waals surface area (Å²) in [7, 11) is 4.58. The second kappa shape index (κ2) is 9.98. The van der Waals surface area contributed by atoms with Crippen LogP contribution in [-0.2, 0) is 4.74 Å². The van der Waals surface area contributed by atoms with Gasteiger partial charge in [-0.1, -0.05) is 12.1 Å². The van der Waals surface area contributed by atoms with Gasteiger partial charge < -0.3 is 23.4 Å². The largest absolute Gasteiger partial charge is 0.495 e. The quantitative estimate of drug-likeness (QED) is 0.368. The second-order valence-corrected chi connectivity index (χ2v) is 7.74. The third-order valence-corrected chi connectivity index (χ3v) is 5.27. The standard InChI is InChI=1S/C23H24BrNO6/c1-13(2)31-16-8-6-14(7-9-16)22(29-5)21(26)23-25-17(12-30-23)15-10-18(27-3)20(24)19(11-15)28-4/h6-13,22H,1-5H3. The van der Waals surface area contributed by atoms with Crippen LogP contribution in [0.15, 0.2) is 51.6 Å². The van der Waals surface area contributed by atoms with Gasteiger partial charge in [-0.05, 0) is 59.6 Å². The van der Waals surface area contributed by atoms with Crippen LogP contribution in [0.2, 0.25) is 0 Å². The van der Waals surface area contributed by atoms with E-state index in [-0.39, 0.29) is 17.8 Å². The molecule has 1 unspecified atom stereocenters. The molecule has 2 aromatic carbocycles. The molecule has 7 nitrogen and oxygen atoms in total. The molecule has 1 heterocycles. The Kier molecular flexibility index (Phi) is 7.35. The lowest BCUT2D eigenvalue weighted by Gasteiger charge is -2.14. The molecule has 0 saturated heterocycles. The van der Waals surface area contributed by atoms with Gasteiger partial charge in [-0.15, -0.1) is 0 Å². The number of ketones is 1. The number of carbonyl (C=O) groups is 1. The zero-order valence-corrected chi connectivity index (χ0v) is 19.6. The van der Waals surface area contributed by atoms with Gasteiger partial charge in [0.1, 0.15) is 33.7 Å². The molecule has 0 aliphatic carbocycles. The molecule has 0 amide bonds. The lowest BCUT2D eigenvalue weighted by Crippen LogP contribution is -2.15. The Hall–Kier alpha value is -2.84. The molecule has 3 rings (SSSR count).